The lowest BCUT2D eigenvalue weighted by Gasteiger charge is -2.13. The van der Waals surface area contributed by atoms with Crippen LogP contribution in [0, 0.1) is 0 Å². The maximum atomic E-state index is 12.6. The number of para-hydroxylation sites is 2. The third-order valence-electron chi connectivity index (χ3n) is 4.21. The van der Waals surface area contributed by atoms with Crippen molar-refractivity contribution >= 4 is 11.0 Å². The van der Waals surface area contributed by atoms with Crippen LogP contribution >= 0.6 is 0 Å². The summed E-state index contributed by atoms with van der Waals surface area (Å²) in [5.74, 6) is 1.43. The van der Waals surface area contributed by atoms with E-state index >= 15 is 0 Å². The van der Waals surface area contributed by atoms with Crippen molar-refractivity contribution in [2.45, 2.75) is 33.0 Å². The average molecular weight is 356 g/mol. The molecule has 0 aliphatic rings. The van der Waals surface area contributed by atoms with Crippen molar-refractivity contribution in [2.24, 2.45) is 0 Å². The van der Waals surface area contributed by atoms with Gasteiger partial charge >= 0.3 is 5.69 Å². The van der Waals surface area contributed by atoms with E-state index < -0.39 is 6.10 Å². The van der Waals surface area contributed by atoms with Gasteiger partial charge in [-0.3, -0.25) is 9.13 Å². The number of rotatable bonds is 8. The summed E-state index contributed by atoms with van der Waals surface area (Å²) in [6, 6.07) is 14.8. The Labute approximate surface area is 152 Å². The first kappa shape index (κ1) is 18.1. The Morgan fingerprint density at radius 1 is 0.923 bits per heavy atom. The number of hydrogen-bond donors (Lipinski definition) is 1. The second kappa shape index (κ2) is 8.10. The Morgan fingerprint density at radius 3 is 2.08 bits per heavy atom. The van der Waals surface area contributed by atoms with Crippen LogP contribution in [-0.4, -0.2) is 33.6 Å². The Kier molecular flexibility index (Phi) is 5.63. The minimum Gasteiger partial charge on any atom is -0.494 e. The molecule has 1 aromatic heterocycles. The van der Waals surface area contributed by atoms with E-state index in [4.69, 9.17) is 9.47 Å². The Bertz CT molecular complexity index is 912. The highest BCUT2D eigenvalue weighted by molar-refractivity contribution is 5.75. The second-order valence-electron chi connectivity index (χ2n) is 6.00. The fourth-order valence-electron chi connectivity index (χ4n) is 3.01. The zero-order valence-electron chi connectivity index (χ0n) is 15.1. The van der Waals surface area contributed by atoms with Crippen LogP contribution in [0.4, 0.5) is 0 Å². The topological polar surface area (TPSA) is 65.6 Å². The smallest absolute Gasteiger partial charge is 0.329 e. The van der Waals surface area contributed by atoms with Crippen molar-refractivity contribution in [3.8, 4) is 11.5 Å². The molecule has 3 rings (SSSR count). The van der Waals surface area contributed by atoms with Gasteiger partial charge in [-0.2, -0.15) is 0 Å². The van der Waals surface area contributed by atoms with Crippen molar-refractivity contribution in [2.75, 3.05) is 13.2 Å². The summed E-state index contributed by atoms with van der Waals surface area (Å²) >= 11 is 0. The molecule has 1 heterocycles. The lowest BCUT2D eigenvalue weighted by atomic mass is 10.3. The molecule has 6 heteroatoms. The SMILES string of the molecule is CCOc1ccc(OCC(O)Cn2c(=O)n(CC)c3ccccc32)cc1. The van der Waals surface area contributed by atoms with E-state index in [1.54, 1.807) is 21.3 Å². The highest BCUT2D eigenvalue weighted by atomic mass is 16.5. The Balaban J connectivity index is 1.68. The third-order valence-corrected chi connectivity index (χ3v) is 4.21. The fourth-order valence-corrected chi connectivity index (χ4v) is 3.01. The van der Waals surface area contributed by atoms with Crippen molar-refractivity contribution in [3.05, 3.63) is 59.0 Å². The van der Waals surface area contributed by atoms with E-state index in [1.807, 2.05) is 50.2 Å². The standard InChI is InChI=1S/C20H24N2O4/c1-3-21-18-7-5-6-8-19(18)22(20(21)24)13-15(23)14-26-17-11-9-16(10-12-17)25-4-2/h5-12,15,23H,3-4,13-14H2,1-2H3. The quantitative estimate of drug-likeness (QED) is 0.674. The number of nitrogens with zero attached hydrogens (tertiary/aromatic N) is 2. The van der Waals surface area contributed by atoms with Gasteiger partial charge in [0.25, 0.3) is 0 Å². The molecule has 0 saturated carbocycles. The molecule has 26 heavy (non-hydrogen) atoms. The van der Waals surface area contributed by atoms with Crippen LogP contribution in [0.15, 0.2) is 53.3 Å². The molecule has 2 aromatic carbocycles. The Hall–Kier alpha value is -2.73. The molecule has 0 bridgehead atoms. The predicted octanol–water partition coefficient (Wildman–Crippen LogP) is 2.66. The molecule has 0 fully saturated rings. The first-order chi connectivity index (χ1) is 12.6. The summed E-state index contributed by atoms with van der Waals surface area (Å²) in [7, 11) is 0. The van der Waals surface area contributed by atoms with E-state index in [1.165, 1.54) is 0 Å². The van der Waals surface area contributed by atoms with Gasteiger partial charge in [-0.25, -0.2) is 4.79 Å². The molecule has 0 aliphatic carbocycles. The second-order valence-corrected chi connectivity index (χ2v) is 6.00. The number of ether oxygens (including phenoxy) is 2. The van der Waals surface area contributed by atoms with Gasteiger partial charge in [0.05, 0.1) is 24.2 Å². The molecule has 6 nitrogen and oxygen atoms in total. The number of aliphatic hydroxyl groups is 1. The van der Waals surface area contributed by atoms with E-state index in [0.29, 0.717) is 18.9 Å². The van der Waals surface area contributed by atoms with E-state index in [-0.39, 0.29) is 18.8 Å². The highest BCUT2D eigenvalue weighted by Gasteiger charge is 2.15. The lowest BCUT2D eigenvalue weighted by molar-refractivity contribution is 0.0924. The first-order valence-corrected chi connectivity index (χ1v) is 8.85. The van der Waals surface area contributed by atoms with Crippen LogP contribution < -0.4 is 15.2 Å². The molecule has 0 radical (unpaired) electrons. The largest absolute Gasteiger partial charge is 0.494 e. The fraction of sp³-hybridized carbons (Fsp3) is 0.350. The van der Waals surface area contributed by atoms with Crippen LogP contribution in [0.5, 0.6) is 11.5 Å². The minimum atomic E-state index is -0.796. The van der Waals surface area contributed by atoms with Crippen molar-refractivity contribution < 1.29 is 14.6 Å². The number of benzene rings is 2. The summed E-state index contributed by atoms with van der Waals surface area (Å²) in [6.07, 6.45) is -0.796. The van der Waals surface area contributed by atoms with E-state index in [0.717, 1.165) is 16.8 Å². The normalized spacial score (nSPS) is 12.3. The van der Waals surface area contributed by atoms with Crippen molar-refractivity contribution in [3.63, 3.8) is 0 Å². The summed E-state index contributed by atoms with van der Waals surface area (Å²) in [4.78, 5) is 12.6. The first-order valence-electron chi connectivity index (χ1n) is 8.85. The Morgan fingerprint density at radius 2 is 1.50 bits per heavy atom. The molecule has 1 unspecified atom stereocenters. The molecular weight excluding hydrogens is 332 g/mol. The molecule has 3 aromatic rings. The molecule has 0 aliphatic heterocycles. The van der Waals surface area contributed by atoms with Crippen LogP contribution in [0.3, 0.4) is 0 Å². The summed E-state index contributed by atoms with van der Waals surface area (Å²) in [5.41, 5.74) is 1.58. The van der Waals surface area contributed by atoms with Gasteiger partial charge < -0.3 is 14.6 Å². The van der Waals surface area contributed by atoms with E-state index in [2.05, 4.69) is 0 Å². The maximum absolute atomic E-state index is 12.6. The van der Waals surface area contributed by atoms with Gasteiger partial charge in [0.15, 0.2) is 0 Å². The van der Waals surface area contributed by atoms with Gasteiger partial charge in [-0.15, -0.1) is 0 Å². The van der Waals surface area contributed by atoms with Crippen LogP contribution in [0.25, 0.3) is 11.0 Å². The summed E-state index contributed by atoms with van der Waals surface area (Å²) < 4.78 is 14.3. The zero-order chi connectivity index (χ0) is 18.5. The number of aliphatic hydroxyl groups excluding tert-OH is 1. The van der Waals surface area contributed by atoms with Gasteiger partial charge in [0, 0.05) is 6.54 Å². The minimum absolute atomic E-state index is 0.103. The molecule has 0 saturated heterocycles. The lowest BCUT2D eigenvalue weighted by Crippen LogP contribution is -2.31. The molecule has 0 amide bonds. The monoisotopic (exact) mass is 356 g/mol. The van der Waals surface area contributed by atoms with Crippen molar-refractivity contribution in [1.82, 2.24) is 9.13 Å². The number of aryl methyl sites for hydroxylation is 1. The van der Waals surface area contributed by atoms with Crippen LogP contribution in [0.2, 0.25) is 0 Å². The molecule has 138 valence electrons. The zero-order valence-corrected chi connectivity index (χ0v) is 15.1. The summed E-state index contributed by atoms with van der Waals surface area (Å²) in [5, 5.41) is 10.3. The molecule has 1 N–H and O–H groups in total. The molecular formula is C20H24N2O4. The predicted molar refractivity (Wildman–Crippen MR) is 101 cm³/mol. The van der Waals surface area contributed by atoms with Gasteiger partial charge in [-0.1, -0.05) is 12.1 Å². The average Bonchev–Trinajstić information content (AvgIpc) is 2.93. The number of hydrogen-bond acceptors (Lipinski definition) is 4. The maximum Gasteiger partial charge on any atom is 0.329 e. The summed E-state index contributed by atoms with van der Waals surface area (Å²) in [6.45, 7) is 5.35. The van der Waals surface area contributed by atoms with Crippen molar-refractivity contribution in [1.29, 1.82) is 0 Å². The van der Waals surface area contributed by atoms with Crippen LogP contribution in [-0.2, 0) is 13.1 Å². The number of imidazole rings is 1. The van der Waals surface area contributed by atoms with Crippen LogP contribution in [0.1, 0.15) is 13.8 Å². The number of fused-ring (bicyclic) bond motifs is 1. The third kappa shape index (κ3) is 3.75. The number of aromatic nitrogens is 2. The molecule has 0 spiro atoms. The van der Waals surface area contributed by atoms with Gasteiger partial charge in [0.1, 0.15) is 24.2 Å². The van der Waals surface area contributed by atoms with Gasteiger partial charge in [0.2, 0.25) is 0 Å². The van der Waals surface area contributed by atoms with E-state index in [9.17, 15) is 9.90 Å². The molecule has 1 atom stereocenters. The van der Waals surface area contributed by atoms with Gasteiger partial charge in [-0.05, 0) is 50.2 Å². The highest BCUT2D eigenvalue weighted by Crippen LogP contribution is 2.18.